The van der Waals surface area contributed by atoms with Crippen LogP contribution in [0.5, 0.6) is 0 Å². The topological polar surface area (TPSA) is 87.4 Å². The minimum atomic E-state index is -4.45. The third-order valence-corrected chi connectivity index (χ3v) is 4.53. The first-order valence-electron chi connectivity index (χ1n) is 9.59. The highest BCUT2D eigenvalue weighted by Crippen LogP contribution is 2.33. The molecule has 164 valence electrons. The Morgan fingerprint density at radius 2 is 1.87 bits per heavy atom. The van der Waals surface area contributed by atoms with Gasteiger partial charge in [-0.15, -0.1) is 0 Å². The predicted molar refractivity (Wildman–Crippen MR) is 109 cm³/mol. The van der Waals surface area contributed by atoms with E-state index >= 15 is 0 Å². The fourth-order valence-electron chi connectivity index (χ4n) is 2.93. The first-order chi connectivity index (χ1) is 14.7. The van der Waals surface area contributed by atoms with Crippen LogP contribution < -0.4 is 10.6 Å². The number of amides is 1. The van der Waals surface area contributed by atoms with E-state index < -0.39 is 17.6 Å². The van der Waals surface area contributed by atoms with Crippen LogP contribution in [0.25, 0.3) is 11.3 Å². The number of aromatic nitrogens is 1. The maximum atomic E-state index is 12.9. The molecule has 31 heavy (non-hydrogen) atoms. The maximum absolute atomic E-state index is 12.9. The summed E-state index contributed by atoms with van der Waals surface area (Å²) in [6, 6.07) is 11.3. The molecule has 1 amide bonds. The lowest BCUT2D eigenvalue weighted by molar-refractivity contribution is -0.137. The molecule has 2 aromatic carbocycles. The van der Waals surface area contributed by atoms with Crippen molar-refractivity contribution < 1.29 is 27.6 Å². The van der Waals surface area contributed by atoms with Crippen LogP contribution in [-0.2, 0) is 19.3 Å². The molecule has 0 radical (unpaired) electrons. The van der Waals surface area contributed by atoms with Crippen molar-refractivity contribution in [2.45, 2.75) is 39.2 Å². The highest BCUT2D eigenvalue weighted by atomic mass is 19.4. The molecule has 0 aliphatic rings. The molecule has 0 saturated heterocycles. The van der Waals surface area contributed by atoms with Crippen LogP contribution >= 0.6 is 0 Å². The highest BCUT2D eigenvalue weighted by Gasteiger charge is 2.30. The van der Waals surface area contributed by atoms with E-state index in [0.29, 0.717) is 22.4 Å². The monoisotopic (exact) mass is 433 g/mol. The van der Waals surface area contributed by atoms with Gasteiger partial charge in [-0.1, -0.05) is 43.3 Å². The van der Waals surface area contributed by atoms with Crippen molar-refractivity contribution in [3.63, 3.8) is 0 Å². The fourth-order valence-corrected chi connectivity index (χ4v) is 2.93. The van der Waals surface area contributed by atoms with Crippen molar-refractivity contribution in [2.75, 3.05) is 5.32 Å². The molecule has 0 saturated carbocycles. The van der Waals surface area contributed by atoms with Gasteiger partial charge in [-0.05, 0) is 29.8 Å². The van der Waals surface area contributed by atoms with E-state index in [0.717, 1.165) is 12.1 Å². The summed E-state index contributed by atoms with van der Waals surface area (Å²) in [5.41, 5.74) is 1.16. The number of alkyl halides is 3. The van der Waals surface area contributed by atoms with Crippen LogP contribution in [0.2, 0.25) is 0 Å². The Balaban J connectivity index is 1.93. The van der Waals surface area contributed by atoms with E-state index in [9.17, 15) is 23.1 Å². The number of rotatable bonds is 7. The largest absolute Gasteiger partial charge is 0.416 e. The number of nitrogens with zero attached hydrogens (tertiary/aromatic N) is 1. The van der Waals surface area contributed by atoms with Crippen molar-refractivity contribution in [2.24, 2.45) is 0 Å². The van der Waals surface area contributed by atoms with Gasteiger partial charge in [-0.2, -0.15) is 13.2 Å². The standard InChI is InChI=1S/C22H22F3N3O3/c1-13(2)26-11-18-19(21(30)27-17-5-3-4-14(10-17)12-29)28-31-20(18)15-6-8-16(9-7-15)22(23,24)25/h3-10,13,26,29H,11-12H2,1-2H3,(H,27,30). The smallest absolute Gasteiger partial charge is 0.392 e. The van der Waals surface area contributed by atoms with Gasteiger partial charge < -0.3 is 20.3 Å². The van der Waals surface area contributed by atoms with Crippen molar-refractivity contribution >= 4 is 11.6 Å². The first-order valence-corrected chi connectivity index (χ1v) is 9.59. The predicted octanol–water partition coefficient (Wildman–Crippen LogP) is 4.60. The average molecular weight is 433 g/mol. The zero-order chi connectivity index (χ0) is 22.6. The van der Waals surface area contributed by atoms with Gasteiger partial charge >= 0.3 is 6.18 Å². The minimum absolute atomic E-state index is 0.0254. The van der Waals surface area contributed by atoms with E-state index in [1.165, 1.54) is 12.1 Å². The van der Waals surface area contributed by atoms with Crippen LogP contribution in [0.3, 0.4) is 0 Å². The summed E-state index contributed by atoms with van der Waals surface area (Å²) in [7, 11) is 0. The molecular formula is C22H22F3N3O3. The molecule has 6 nitrogen and oxygen atoms in total. The highest BCUT2D eigenvalue weighted by molar-refractivity contribution is 6.04. The summed E-state index contributed by atoms with van der Waals surface area (Å²) < 4.78 is 44.0. The number of carbonyl (C=O) groups excluding carboxylic acids is 1. The summed E-state index contributed by atoms with van der Waals surface area (Å²) in [5, 5.41) is 19.0. The molecule has 0 bridgehead atoms. The molecule has 0 aliphatic carbocycles. The van der Waals surface area contributed by atoms with E-state index in [-0.39, 0.29) is 30.6 Å². The van der Waals surface area contributed by atoms with Gasteiger partial charge in [0.05, 0.1) is 12.2 Å². The zero-order valence-electron chi connectivity index (χ0n) is 17.0. The number of nitrogens with one attached hydrogen (secondary N) is 2. The summed E-state index contributed by atoms with van der Waals surface area (Å²) >= 11 is 0. The van der Waals surface area contributed by atoms with Crippen LogP contribution in [0.15, 0.2) is 53.1 Å². The minimum Gasteiger partial charge on any atom is -0.392 e. The fraction of sp³-hybridized carbons (Fsp3) is 0.273. The van der Waals surface area contributed by atoms with Gasteiger partial charge in [-0.25, -0.2) is 0 Å². The van der Waals surface area contributed by atoms with Gasteiger partial charge in [0.2, 0.25) is 0 Å². The molecule has 0 fully saturated rings. The molecule has 3 aromatic rings. The molecule has 0 atom stereocenters. The van der Waals surface area contributed by atoms with Crippen molar-refractivity contribution in [3.8, 4) is 11.3 Å². The number of aliphatic hydroxyl groups excluding tert-OH is 1. The Bertz CT molecular complexity index is 1040. The maximum Gasteiger partial charge on any atom is 0.416 e. The second-order valence-corrected chi connectivity index (χ2v) is 7.26. The molecule has 1 heterocycles. The Morgan fingerprint density at radius 1 is 1.16 bits per heavy atom. The van der Waals surface area contributed by atoms with Gasteiger partial charge in [-0.3, -0.25) is 4.79 Å². The van der Waals surface area contributed by atoms with Crippen LogP contribution in [0, 0.1) is 0 Å². The van der Waals surface area contributed by atoms with Crippen LogP contribution in [0.4, 0.5) is 18.9 Å². The molecule has 0 unspecified atom stereocenters. The number of halogens is 3. The Morgan fingerprint density at radius 3 is 2.48 bits per heavy atom. The number of anilines is 1. The first kappa shape index (κ1) is 22.5. The number of carbonyl (C=O) groups is 1. The summed E-state index contributed by atoms with van der Waals surface area (Å²) in [4.78, 5) is 12.8. The Kier molecular flexibility index (Phi) is 6.77. The lowest BCUT2D eigenvalue weighted by atomic mass is 10.0. The number of aliphatic hydroxyl groups is 1. The van der Waals surface area contributed by atoms with Crippen molar-refractivity contribution in [3.05, 3.63) is 70.9 Å². The molecule has 0 spiro atoms. The normalized spacial score (nSPS) is 11.7. The van der Waals surface area contributed by atoms with Gasteiger partial charge in [0, 0.05) is 29.4 Å². The van der Waals surface area contributed by atoms with Gasteiger partial charge in [0.1, 0.15) is 0 Å². The lowest BCUT2D eigenvalue weighted by Crippen LogP contribution is -2.24. The van der Waals surface area contributed by atoms with E-state index in [4.69, 9.17) is 4.52 Å². The van der Waals surface area contributed by atoms with E-state index in [1.807, 2.05) is 13.8 Å². The molecule has 3 N–H and O–H groups in total. The molecule has 3 rings (SSSR count). The number of hydrogen-bond donors (Lipinski definition) is 3. The summed E-state index contributed by atoms with van der Waals surface area (Å²) in [6.07, 6.45) is -4.45. The third kappa shape index (κ3) is 5.50. The average Bonchev–Trinajstić information content (AvgIpc) is 3.16. The molecule has 1 aromatic heterocycles. The van der Waals surface area contributed by atoms with E-state index in [2.05, 4.69) is 15.8 Å². The van der Waals surface area contributed by atoms with Crippen LogP contribution in [0.1, 0.15) is 41.0 Å². The summed E-state index contributed by atoms with van der Waals surface area (Å²) in [6.45, 7) is 3.91. The van der Waals surface area contributed by atoms with Crippen molar-refractivity contribution in [1.82, 2.24) is 10.5 Å². The number of hydrogen-bond acceptors (Lipinski definition) is 5. The van der Waals surface area contributed by atoms with Gasteiger partial charge in [0.25, 0.3) is 5.91 Å². The van der Waals surface area contributed by atoms with Crippen LogP contribution in [-0.4, -0.2) is 22.2 Å². The summed E-state index contributed by atoms with van der Waals surface area (Å²) in [5.74, 6) is -0.311. The SMILES string of the molecule is CC(C)NCc1c(C(=O)Nc2cccc(CO)c2)noc1-c1ccc(C(F)(F)F)cc1. The van der Waals surface area contributed by atoms with E-state index in [1.54, 1.807) is 24.3 Å². The molecule has 9 heteroatoms. The van der Waals surface area contributed by atoms with Crippen molar-refractivity contribution in [1.29, 1.82) is 0 Å². The third-order valence-electron chi connectivity index (χ3n) is 4.53. The lowest BCUT2D eigenvalue weighted by Gasteiger charge is -2.11. The second-order valence-electron chi connectivity index (χ2n) is 7.26. The second kappa shape index (κ2) is 9.32. The zero-order valence-corrected chi connectivity index (χ0v) is 17.0. The Hall–Kier alpha value is -3.17. The number of benzene rings is 2. The Labute approximate surface area is 177 Å². The molecular weight excluding hydrogens is 411 g/mol. The quantitative estimate of drug-likeness (QED) is 0.507. The van der Waals surface area contributed by atoms with Gasteiger partial charge in [0.15, 0.2) is 11.5 Å². The molecule has 0 aliphatic heterocycles.